The zero-order valence-corrected chi connectivity index (χ0v) is 34.8. The minimum Gasteiger partial charge on any atom is -0.456 e. The van der Waals surface area contributed by atoms with E-state index in [9.17, 15) is 0 Å². The molecule has 0 amide bonds. The van der Waals surface area contributed by atoms with Crippen molar-refractivity contribution in [2.75, 3.05) is 4.90 Å². The lowest BCUT2D eigenvalue weighted by molar-refractivity contribution is 0.631. The number of anilines is 3. The summed E-state index contributed by atoms with van der Waals surface area (Å²) in [4.78, 5) is 2.37. The van der Waals surface area contributed by atoms with Crippen LogP contribution in [-0.2, 0) is 5.41 Å². The van der Waals surface area contributed by atoms with E-state index in [4.69, 9.17) is 8.83 Å². The second-order valence-corrected chi connectivity index (χ2v) is 17.3. The molecule has 0 unspecified atom stereocenters. The van der Waals surface area contributed by atoms with E-state index in [2.05, 4.69) is 205 Å². The Morgan fingerprint density at radius 1 is 0.429 bits per heavy atom. The minimum absolute atomic E-state index is 0.119. The van der Waals surface area contributed by atoms with Crippen molar-refractivity contribution in [1.82, 2.24) is 4.57 Å². The molecular formula is C59H40N2O2. The van der Waals surface area contributed by atoms with E-state index >= 15 is 0 Å². The first kappa shape index (κ1) is 35.7. The van der Waals surface area contributed by atoms with Crippen LogP contribution in [0.5, 0.6) is 0 Å². The summed E-state index contributed by atoms with van der Waals surface area (Å²) in [5.41, 5.74) is 18.0. The standard InChI is InChI=1S/C59H40N2O2/c1-59(2)50-15-7-4-12-45(50)46-32-31-44(36-51(46)59)60(42-29-23-39(24-30-42)56-35-40-11-3-9-17-53(40)62-56)41-25-19-37(20-26-41)38-21-27-43(28-22-38)61-52-16-8-5-13-47(52)48-33-34-55-57(58(48)61)49-14-6-10-18-54(49)63-55/h3-36H,1-2H3. The molecular weight excluding hydrogens is 769 g/mol. The molecule has 0 aliphatic heterocycles. The maximum absolute atomic E-state index is 6.36. The molecule has 0 radical (unpaired) electrons. The van der Waals surface area contributed by atoms with Gasteiger partial charge in [0.2, 0.25) is 0 Å². The van der Waals surface area contributed by atoms with Crippen LogP contribution in [0.4, 0.5) is 17.1 Å². The Hall–Kier alpha value is -8.08. The van der Waals surface area contributed by atoms with Gasteiger partial charge in [-0.05, 0) is 130 Å². The van der Waals surface area contributed by atoms with Gasteiger partial charge in [-0.2, -0.15) is 0 Å². The van der Waals surface area contributed by atoms with E-state index in [0.29, 0.717) is 0 Å². The van der Waals surface area contributed by atoms with Crippen LogP contribution < -0.4 is 4.90 Å². The molecule has 12 aromatic rings. The van der Waals surface area contributed by atoms with Gasteiger partial charge in [-0.1, -0.05) is 123 Å². The van der Waals surface area contributed by atoms with Crippen molar-refractivity contribution >= 4 is 71.8 Å². The molecule has 298 valence electrons. The highest BCUT2D eigenvalue weighted by molar-refractivity contribution is 6.24. The highest BCUT2D eigenvalue weighted by atomic mass is 16.3. The van der Waals surface area contributed by atoms with Gasteiger partial charge in [-0.15, -0.1) is 0 Å². The van der Waals surface area contributed by atoms with Crippen molar-refractivity contribution in [2.24, 2.45) is 0 Å². The van der Waals surface area contributed by atoms with E-state index in [1.165, 1.54) is 44.1 Å². The van der Waals surface area contributed by atoms with Gasteiger partial charge in [0, 0.05) is 55.3 Å². The zero-order valence-electron chi connectivity index (χ0n) is 34.8. The zero-order chi connectivity index (χ0) is 41.8. The average molecular weight is 809 g/mol. The number of aromatic nitrogens is 1. The fraction of sp³-hybridized carbons (Fsp3) is 0.0508. The molecule has 0 saturated heterocycles. The first-order valence-electron chi connectivity index (χ1n) is 21.7. The van der Waals surface area contributed by atoms with Crippen LogP contribution in [0, 0.1) is 0 Å². The number of nitrogens with zero attached hydrogens (tertiary/aromatic N) is 2. The second-order valence-electron chi connectivity index (χ2n) is 17.3. The average Bonchev–Trinajstić information content (AvgIpc) is 4.08. The van der Waals surface area contributed by atoms with E-state index < -0.39 is 0 Å². The molecule has 0 bridgehead atoms. The fourth-order valence-electron chi connectivity index (χ4n) is 10.3. The largest absolute Gasteiger partial charge is 0.456 e. The Morgan fingerprint density at radius 3 is 1.83 bits per heavy atom. The monoisotopic (exact) mass is 808 g/mol. The first-order valence-corrected chi connectivity index (χ1v) is 21.7. The van der Waals surface area contributed by atoms with E-state index in [-0.39, 0.29) is 5.41 Å². The minimum atomic E-state index is -0.119. The summed E-state index contributed by atoms with van der Waals surface area (Å²) in [5, 5.41) is 5.82. The molecule has 4 heteroatoms. The summed E-state index contributed by atoms with van der Waals surface area (Å²) in [5.74, 6) is 0.864. The summed E-state index contributed by atoms with van der Waals surface area (Å²) in [7, 11) is 0. The van der Waals surface area contributed by atoms with E-state index in [1.54, 1.807) is 0 Å². The molecule has 3 heterocycles. The summed E-state index contributed by atoms with van der Waals surface area (Å²) in [6.07, 6.45) is 0. The van der Waals surface area contributed by atoms with Crippen molar-refractivity contribution in [3.8, 4) is 39.3 Å². The quantitative estimate of drug-likeness (QED) is 0.168. The van der Waals surface area contributed by atoms with Crippen LogP contribution >= 0.6 is 0 Å². The number of hydrogen-bond acceptors (Lipinski definition) is 3. The lowest BCUT2D eigenvalue weighted by atomic mass is 9.82. The Morgan fingerprint density at radius 2 is 1.05 bits per heavy atom. The molecule has 0 spiro atoms. The predicted octanol–water partition coefficient (Wildman–Crippen LogP) is 16.5. The Labute approximate surface area is 364 Å². The number of hydrogen-bond donors (Lipinski definition) is 0. The highest BCUT2D eigenvalue weighted by Gasteiger charge is 2.35. The lowest BCUT2D eigenvalue weighted by Crippen LogP contribution is -2.16. The molecule has 1 aliphatic carbocycles. The van der Waals surface area contributed by atoms with E-state index in [1.807, 2.05) is 24.3 Å². The van der Waals surface area contributed by atoms with Crippen molar-refractivity contribution in [3.05, 3.63) is 217 Å². The second kappa shape index (κ2) is 13.5. The number of furan rings is 2. The van der Waals surface area contributed by atoms with Gasteiger partial charge in [0.15, 0.2) is 0 Å². The molecule has 13 rings (SSSR count). The summed E-state index contributed by atoms with van der Waals surface area (Å²) >= 11 is 0. The smallest absolute Gasteiger partial charge is 0.137 e. The van der Waals surface area contributed by atoms with Gasteiger partial charge in [0.1, 0.15) is 22.5 Å². The van der Waals surface area contributed by atoms with Crippen molar-refractivity contribution in [1.29, 1.82) is 0 Å². The Bertz CT molecular complexity index is 3720. The third kappa shape index (κ3) is 5.41. The summed E-state index contributed by atoms with van der Waals surface area (Å²) < 4.78 is 15.0. The van der Waals surface area contributed by atoms with Crippen LogP contribution in [0.1, 0.15) is 25.0 Å². The van der Waals surface area contributed by atoms with Crippen LogP contribution in [0.25, 0.3) is 94.0 Å². The van der Waals surface area contributed by atoms with E-state index in [0.717, 1.165) is 78.1 Å². The van der Waals surface area contributed by atoms with Crippen molar-refractivity contribution < 1.29 is 8.83 Å². The summed E-state index contributed by atoms with van der Waals surface area (Å²) in [6.45, 7) is 4.68. The van der Waals surface area contributed by atoms with Gasteiger partial charge < -0.3 is 18.3 Å². The maximum atomic E-state index is 6.36. The number of benzene rings is 9. The van der Waals surface area contributed by atoms with Gasteiger partial charge >= 0.3 is 0 Å². The fourth-order valence-corrected chi connectivity index (χ4v) is 10.3. The van der Waals surface area contributed by atoms with Crippen LogP contribution in [-0.4, -0.2) is 4.57 Å². The lowest BCUT2D eigenvalue weighted by Gasteiger charge is -2.28. The molecule has 9 aromatic carbocycles. The molecule has 1 aliphatic rings. The van der Waals surface area contributed by atoms with Crippen LogP contribution in [0.3, 0.4) is 0 Å². The SMILES string of the molecule is CC1(C)c2ccccc2-c2ccc(N(c3ccc(-c4ccc(-n5c6ccccc6c6ccc7oc8ccccc8c7c65)cc4)cc3)c3ccc(-c4cc5ccccc5o4)cc3)cc21. The van der Waals surface area contributed by atoms with Gasteiger partial charge in [0.05, 0.1) is 16.4 Å². The van der Waals surface area contributed by atoms with Crippen LogP contribution in [0.15, 0.2) is 215 Å². The summed E-state index contributed by atoms with van der Waals surface area (Å²) in [6, 6.07) is 74.2. The Kier molecular flexibility index (Phi) is 7.62. The number of rotatable bonds is 6. The topological polar surface area (TPSA) is 34.5 Å². The number of fused-ring (bicyclic) bond motifs is 11. The molecule has 3 aromatic heterocycles. The Balaban J connectivity index is 0.890. The first-order chi connectivity index (χ1) is 31.0. The maximum Gasteiger partial charge on any atom is 0.137 e. The molecule has 0 fully saturated rings. The molecule has 4 nitrogen and oxygen atoms in total. The van der Waals surface area contributed by atoms with Gasteiger partial charge in [-0.25, -0.2) is 0 Å². The molecule has 63 heavy (non-hydrogen) atoms. The van der Waals surface area contributed by atoms with Crippen molar-refractivity contribution in [3.63, 3.8) is 0 Å². The molecule has 0 N–H and O–H groups in total. The van der Waals surface area contributed by atoms with Gasteiger partial charge in [0.25, 0.3) is 0 Å². The third-order valence-electron chi connectivity index (χ3n) is 13.4. The number of para-hydroxylation sites is 3. The van der Waals surface area contributed by atoms with Crippen molar-refractivity contribution in [2.45, 2.75) is 19.3 Å². The third-order valence-corrected chi connectivity index (χ3v) is 13.4. The molecule has 0 atom stereocenters. The highest BCUT2D eigenvalue weighted by Crippen LogP contribution is 2.51. The predicted molar refractivity (Wildman–Crippen MR) is 261 cm³/mol. The molecule has 0 saturated carbocycles. The normalized spacial score (nSPS) is 13.0. The van der Waals surface area contributed by atoms with Gasteiger partial charge in [-0.3, -0.25) is 0 Å². The van der Waals surface area contributed by atoms with Crippen LogP contribution in [0.2, 0.25) is 0 Å².